The molecule has 0 aromatic heterocycles. The summed E-state index contributed by atoms with van der Waals surface area (Å²) in [6, 6.07) is 22.7. The largest absolute Gasteiger partial charge is 0.484 e. The van der Waals surface area contributed by atoms with Crippen molar-refractivity contribution in [2.24, 2.45) is 5.10 Å². The highest BCUT2D eigenvalue weighted by Crippen LogP contribution is 2.13. The van der Waals surface area contributed by atoms with Crippen LogP contribution in [-0.2, 0) is 4.79 Å². The van der Waals surface area contributed by atoms with E-state index in [4.69, 9.17) is 16.3 Å². The molecule has 6 nitrogen and oxygen atoms in total. The predicted octanol–water partition coefficient (Wildman–Crippen LogP) is 4.12. The van der Waals surface area contributed by atoms with Gasteiger partial charge < -0.3 is 10.1 Å². The molecule has 2 N–H and O–H groups in total. The fourth-order valence-corrected chi connectivity index (χ4v) is 2.51. The van der Waals surface area contributed by atoms with Crippen LogP contribution in [0, 0.1) is 0 Å². The van der Waals surface area contributed by atoms with Gasteiger partial charge in [0.25, 0.3) is 11.8 Å². The fraction of sp³-hybridized carbons (Fsp3) is 0.0455. The third-order valence-electron chi connectivity index (χ3n) is 3.77. The lowest BCUT2D eigenvalue weighted by Crippen LogP contribution is -2.20. The minimum absolute atomic E-state index is 0.122. The lowest BCUT2D eigenvalue weighted by atomic mass is 10.2. The van der Waals surface area contributed by atoms with E-state index in [2.05, 4.69) is 15.8 Å². The first-order valence-corrected chi connectivity index (χ1v) is 9.15. The minimum atomic E-state index is -0.345. The molecule has 0 aliphatic carbocycles. The number of rotatable bonds is 7. The highest BCUT2D eigenvalue weighted by atomic mass is 35.5. The second-order valence-electron chi connectivity index (χ2n) is 5.98. The average Bonchev–Trinajstić information content (AvgIpc) is 2.74. The molecule has 0 aliphatic rings. The Hall–Kier alpha value is -3.64. The number of benzene rings is 3. The van der Waals surface area contributed by atoms with Gasteiger partial charge in [0.1, 0.15) is 5.75 Å². The van der Waals surface area contributed by atoms with Crippen LogP contribution in [0.1, 0.15) is 15.9 Å². The number of carbonyl (C=O) groups excluding carboxylic acids is 2. The van der Waals surface area contributed by atoms with Crippen molar-refractivity contribution >= 4 is 35.3 Å². The van der Waals surface area contributed by atoms with Crippen LogP contribution in [0.2, 0.25) is 5.02 Å². The summed E-state index contributed by atoms with van der Waals surface area (Å²) in [5.74, 6) is -0.0883. The molecule has 0 heterocycles. The van der Waals surface area contributed by atoms with E-state index >= 15 is 0 Å². The van der Waals surface area contributed by atoms with Crippen LogP contribution in [0.25, 0.3) is 0 Å². The number of hydrogen-bond donors (Lipinski definition) is 2. The maximum Gasteiger partial charge on any atom is 0.271 e. The lowest BCUT2D eigenvalue weighted by Gasteiger charge is -2.08. The van der Waals surface area contributed by atoms with Gasteiger partial charge in [0.05, 0.1) is 6.21 Å². The van der Waals surface area contributed by atoms with E-state index in [1.54, 1.807) is 60.7 Å². The molecule has 0 unspecified atom stereocenters. The van der Waals surface area contributed by atoms with Crippen LogP contribution in [0.5, 0.6) is 5.75 Å². The first-order valence-electron chi connectivity index (χ1n) is 8.77. The molecule has 0 aliphatic heterocycles. The van der Waals surface area contributed by atoms with E-state index in [-0.39, 0.29) is 18.4 Å². The number of halogens is 1. The van der Waals surface area contributed by atoms with Crippen molar-refractivity contribution in [3.05, 3.63) is 95.0 Å². The predicted molar refractivity (Wildman–Crippen MR) is 114 cm³/mol. The summed E-state index contributed by atoms with van der Waals surface area (Å²) in [7, 11) is 0. The maximum absolute atomic E-state index is 12.0. The minimum Gasteiger partial charge on any atom is -0.484 e. The van der Waals surface area contributed by atoms with Gasteiger partial charge in [0, 0.05) is 16.3 Å². The number of hydrogen-bond acceptors (Lipinski definition) is 4. The summed E-state index contributed by atoms with van der Waals surface area (Å²) in [4.78, 5) is 24.0. The van der Waals surface area contributed by atoms with Gasteiger partial charge in [0.2, 0.25) is 0 Å². The van der Waals surface area contributed by atoms with Crippen LogP contribution in [-0.4, -0.2) is 24.6 Å². The van der Waals surface area contributed by atoms with E-state index < -0.39 is 0 Å². The molecule has 146 valence electrons. The van der Waals surface area contributed by atoms with Gasteiger partial charge in [-0.1, -0.05) is 41.9 Å². The summed E-state index contributed by atoms with van der Waals surface area (Å²) in [6.45, 7) is -0.122. The number of amides is 2. The van der Waals surface area contributed by atoms with Gasteiger partial charge in [-0.3, -0.25) is 9.59 Å². The molecule has 29 heavy (non-hydrogen) atoms. The maximum atomic E-state index is 12.0. The zero-order valence-corrected chi connectivity index (χ0v) is 16.1. The number of para-hydroxylation sites is 1. The van der Waals surface area contributed by atoms with Gasteiger partial charge in [-0.05, 0) is 54.1 Å². The molecular formula is C22H18ClN3O3. The van der Waals surface area contributed by atoms with Gasteiger partial charge in [0.15, 0.2) is 6.61 Å². The molecule has 0 saturated heterocycles. The summed E-state index contributed by atoms with van der Waals surface area (Å²) in [5.41, 5.74) is 4.32. The summed E-state index contributed by atoms with van der Waals surface area (Å²) >= 11 is 5.80. The smallest absolute Gasteiger partial charge is 0.271 e. The van der Waals surface area contributed by atoms with Crippen LogP contribution in [0.4, 0.5) is 5.69 Å². The second-order valence-corrected chi connectivity index (χ2v) is 6.42. The van der Waals surface area contributed by atoms with Crippen molar-refractivity contribution in [2.45, 2.75) is 0 Å². The Morgan fingerprint density at radius 2 is 1.72 bits per heavy atom. The Kier molecular flexibility index (Phi) is 6.97. The molecule has 0 radical (unpaired) electrons. The molecular weight excluding hydrogens is 390 g/mol. The highest BCUT2D eigenvalue weighted by molar-refractivity contribution is 6.30. The molecule has 2 amide bonds. The molecule has 0 atom stereocenters. The SMILES string of the molecule is O=C(COc1cccc(/C=N/NC(=O)c2ccc(Cl)cc2)c1)Nc1ccccc1. The van der Waals surface area contributed by atoms with Crippen LogP contribution in [0.3, 0.4) is 0 Å². The number of anilines is 1. The standard InChI is InChI=1S/C22H18ClN3O3/c23-18-11-9-17(10-12-18)22(28)26-24-14-16-5-4-8-20(13-16)29-15-21(27)25-19-6-2-1-3-7-19/h1-14H,15H2,(H,25,27)(H,26,28)/b24-14+. The zero-order chi connectivity index (χ0) is 20.5. The van der Waals surface area contributed by atoms with E-state index in [0.29, 0.717) is 27.6 Å². The zero-order valence-electron chi connectivity index (χ0n) is 15.3. The summed E-state index contributed by atoms with van der Waals surface area (Å²) in [5, 5.41) is 7.24. The molecule has 0 bridgehead atoms. The quantitative estimate of drug-likeness (QED) is 0.456. The summed E-state index contributed by atoms with van der Waals surface area (Å²) < 4.78 is 5.52. The number of ether oxygens (including phenoxy) is 1. The van der Waals surface area contributed by atoms with Crippen molar-refractivity contribution in [1.29, 1.82) is 0 Å². The number of nitrogens with one attached hydrogen (secondary N) is 2. The Morgan fingerprint density at radius 3 is 2.48 bits per heavy atom. The van der Waals surface area contributed by atoms with Crippen molar-refractivity contribution < 1.29 is 14.3 Å². The Balaban J connectivity index is 1.51. The number of nitrogens with zero attached hydrogens (tertiary/aromatic N) is 1. The van der Waals surface area contributed by atoms with Gasteiger partial charge in [-0.2, -0.15) is 5.10 Å². The highest BCUT2D eigenvalue weighted by Gasteiger charge is 2.05. The van der Waals surface area contributed by atoms with Crippen molar-refractivity contribution in [3.63, 3.8) is 0 Å². The Morgan fingerprint density at radius 1 is 0.966 bits per heavy atom. The monoisotopic (exact) mass is 407 g/mol. The van der Waals surface area contributed by atoms with Crippen LogP contribution >= 0.6 is 11.6 Å². The average molecular weight is 408 g/mol. The Bertz CT molecular complexity index is 1010. The van der Waals surface area contributed by atoms with E-state index in [0.717, 1.165) is 0 Å². The Labute approximate surface area is 173 Å². The molecule has 3 rings (SSSR count). The molecule has 0 fully saturated rings. The molecule has 0 saturated carbocycles. The van der Waals surface area contributed by atoms with Crippen LogP contribution < -0.4 is 15.5 Å². The fourth-order valence-electron chi connectivity index (χ4n) is 2.38. The normalized spacial score (nSPS) is 10.5. The van der Waals surface area contributed by atoms with Crippen molar-refractivity contribution in [1.82, 2.24) is 5.43 Å². The molecule has 3 aromatic carbocycles. The van der Waals surface area contributed by atoms with Gasteiger partial charge in [-0.25, -0.2) is 5.43 Å². The number of hydrazone groups is 1. The van der Waals surface area contributed by atoms with E-state index in [9.17, 15) is 9.59 Å². The molecule has 7 heteroatoms. The van der Waals surface area contributed by atoms with Gasteiger partial charge >= 0.3 is 0 Å². The van der Waals surface area contributed by atoms with Crippen LogP contribution in [0.15, 0.2) is 84.0 Å². The van der Waals surface area contributed by atoms with E-state index in [1.165, 1.54) is 6.21 Å². The van der Waals surface area contributed by atoms with Crippen molar-refractivity contribution in [2.75, 3.05) is 11.9 Å². The first-order chi connectivity index (χ1) is 14.1. The summed E-state index contributed by atoms with van der Waals surface area (Å²) in [6.07, 6.45) is 1.49. The third kappa shape index (κ3) is 6.48. The van der Waals surface area contributed by atoms with Crippen molar-refractivity contribution in [3.8, 4) is 5.75 Å². The molecule has 0 spiro atoms. The third-order valence-corrected chi connectivity index (χ3v) is 4.02. The molecule has 3 aromatic rings. The first kappa shape index (κ1) is 20.1. The second kappa shape index (κ2) is 10.1. The van der Waals surface area contributed by atoms with Gasteiger partial charge in [-0.15, -0.1) is 0 Å². The van der Waals surface area contributed by atoms with E-state index in [1.807, 2.05) is 18.2 Å². The topological polar surface area (TPSA) is 79.8 Å². The lowest BCUT2D eigenvalue weighted by molar-refractivity contribution is -0.118. The number of carbonyl (C=O) groups is 2.